The molecule has 0 aromatic heterocycles. The van der Waals surface area contributed by atoms with Gasteiger partial charge in [-0.25, -0.2) is 8.42 Å². The molecule has 1 fully saturated rings. The molecule has 1 unspecified atom stereocenters. The third kappa shape index (κ3) is 6.48. The average molecular weight is 409 g/mol. The summed E-state index contributed by atoms with van der Waals surface area (Å²) in [4.78, 5) is 7.05. The minimum Gasteiger partial charge on any atom is -0.355 e. The smallest absolute Gasteiger partial charge is 0.191 e. The largest absolute Gasteiger partial charge is 0.355 e. The van der Waals surface area contributed by atoms with Gasteiger partial charge in [-0.2, -0.15) is 0 Å². The molecule has 2 rings (SSSR count). The third-order valence-corrected chi connectivity index (χ3v) is 6.92. The Labute approximate surface area is 170 Å². The maximum atomic E-state index is 11.8. The van der Waals surface area contributed by atoms with Crippen molar-refractivity contribution in [3.8, 4) is 0 Å². The Morgan fingerprint density at radius 1 is 1.21 bits per heavy atom. The highest BCUT2D eigenvalue weighted by Crippen LogP contribution is 2.28. The van der Waals surface area contributed by atoms with Crippen LogP contribution in [-0.2, 0) is 16.4 Å². The van der Waals surface area contributed by atoms with Crippen LogP contribution in [0.25, 0.3) is 0 Å². The van der Waals surface area contributed by atoms with E-state index >= 15 is 0 Å². The van der Waals surface area contributed by atoms with E-state index in [4.69, 9.17) is 0 Å². The summed E-state index contributed by atoms with van der Waals surface area (Å²) in [5, 5.41) is 6.81. The number of guanidine groups is 1. The normalized spacial score (nSPS) is 17.6. The van der Waals surface area contributed by atoms with Gasteiger partial charge in [0.15, 0.2) is 15.8 Å². The molecule has 0 spiro atoms. The molecule has 1 aromatic carbocycles. The highest BCUT2D eigenvalue weighted by molar-refractivity contribution is 7.90. The summed E-state index contributed by atoms with van der Waals surface area (Å²) >= 11 is 0. The molecule has 0 bridgehead atoms. The summed E-state index contributed by atoms with van der Waals surface area (Å²) in [6.07, 6.45) is 7.90. The van der Waals surface area contributed by atoms with Crippen molar-refractivity contribution in [1.82, 2.24) is 15.5 Å². The van der Waals surface area contributed by atoms with E-state index in [0.717, 1.165) is 29.5 Å². The van der Waals surface area contributed by atoms with Crippen molar-refractivity contribution in [2.45, 2.75) is 56.5 Å². The zero-order valence-corrected chi connectivity index (χ0v) is 18.8. The number of aliphatic imine (C=N–C) groups is 1. The maximum Gasteiger partial charge on any atom is 0.191 e. The van der Waals surface area contributed by atoms with Gasteiger partial charge in [-0.15, -0.1) is 0 Å². The fourth-order valence-corrected chi connectivity index (χ4v) is 5.09. The van der Waals surface area contributed by atoms with Crippen molar-refractivity contribution >= 4 is 15.8 Å². The number of hydrogen-bond acceptors (Lipinski definition) is 4. The van der Waals surface area contributed by atoms with Crippen LogP contribution in [0.5, 0.6) is 0 Å². The van der Waals surface area contributed by atoms with Crippen LogP contribution in [-0.4, -0.2) is 59.3 Å². The summed E-state index contributed by atoms with van der Waals surface area (Å²) in [7, 11) is 2.90. The van der Waals surface area contributed by atoms with Crippen LogP contribution in [0.4, 0.5) is 0 Å². The van der Waals surface area contributed by atoms with Gasteiger partial charge in [-0.3, -0.25) is 4.99 Å². The molecule has 1 aliphatic carbocycles. The first kappa shape index (κ1) is 22.7. The Kier molecular flexibility index (Phi) is 8.31. The lowest BCUT2D eigenvalue weighted by Gasteiger charge is -2.35. The Bertz CT molecular complexity index is 769. The summed E-state index contributed by atoms with van der Waals surface area (Å²) in [6, 6.07) is 5.95. The molecule has 28 heavy (non-hydrogen) atoms. The van der Waals surface area contributed by atoms with Crippen molar-refractivity contribution in [1.29, 1.82) is 0 Å². The molecule has 7 heteroatoms. The van der Waals surface area contributed by atoms with Gasteiger partial charge in [0.05, 0.1) is 4.90 Å². The van der Waals surface area contributed by atoms with E-state index in [9.17, 15) is 8.42 Å². The molecule has 0 aliphatic heterocycles. The summed E-state index contributed by atoms with van der Waals surface area (Å²) < 4.78 is 23.5. The average Bonchev–Trinajstić information content (AvgIpc) is 2.64. The van der Waals surface area contributed by atoms with E-state index in [-0.39, 0.29) is 0 Å². The molecule has 1 saturated carbocycles. The van der Waals surface area contributed by atoms with Crippen molar-refractivity contribution in [2.24, 2.45) is 10.9 Å². The van der Waals surface area contributed by atoms with Gasteiger partial charge in [0.25, 0.3) is 0 Å². The Morgan fingerprint density at radius 3 is 2.43 bits per heavy atom. The van der Waals surface area contributed by atoms with Crippen LogP contribution < -0.4 is 10.6 Å². The lowest BCUT2D eigenvalue weighted by Crippen LogP contribution is -2.48. The molecule has 158 valence electrons. The molecule has 1 atom stereocenters. The van der Waals surface area contributed by atoms with E-state index in [1.165, 1.54) is 38.4 Å². The Hall–Kier alpha value is -1.60. The van der Waals surface area contributed by atoms with E-state index in [1.807, 2.05) is 19.1 Å². The van der Waals surface area contributed by atoms with Crippen molar-refractivity contribution < 1.29 is 8.42 Å². The Balaban J connectivity index is 1.92. The molecule has 6 nitrogen and oxygen atoms in total. The topological polar surface area (TPSA) is 73.8 Å². The fraction of sp³-hybridized carbons (Fsp3) is 0.667. The highest BCUT2D eigenvalue weighted by Gasteiger charge is 2.25. The second-order valence-corrected chi connectivity index (χ2v) is 10.1. The first-order valence-electron chi connectivity index (χ1n) is 10.1. The number of nitrogens with one attached hydrogen (secondary N) is 2. The minimum atomic E-state index is -3.18. The number of aryl methyl sites for hydroxylation is 1. The molecular formula is C21H36N4O2S. The van der Waals surface area contributed by atoms with E-state index in [0.29, 0.717) is 17.5 Å². The summed E-state index contributed by atoms with van der Waals surface area (Å²) in [5.41, 5.74) is 1.80. The minimum absolute atomic E-state index is 0.389. The molecule has 0 radical (unpaired) electrons. The van der Waals surface area contributed by atoms with Gasteiger partial charge in [0.1, 0.15) is 0 Å². The van der Waals surface area contributed by atoms with Gasteiger partial charge >= 0.3 is 0 Å². The van der Waals surface area contributed by atoms with Gasteiger partial charge in [0.2, 0.25) is 0 Å². The zero-order chi connectivity index (χ0) is 20.7. The van der Waals surface area contributed by atoms with Crippen LogP contribution in [0.2, 0.25) is 0 Å². The van der Waals surface area contributed by atoms with Crippen molar-refractivity contribution in [3.63, 3.8) is 0 Å². The third-order valence-electron chi connectivity index (χ3n) is 5.66. The van der Waals surface area contributed by atoms with Gasteiger partial charge in [-0.1, -0.05) is 31.4 Å². The molecular weight excluding hydrogens is 372 g/mol. The molecule has 2 N–H and O–H groups in total. The summed E-state index contributed by atoms with van der Waals surface area (Å²) in [5.74, 6) is 1.51. The van der Waals surface area contributed by atoms with Crippen molar-refractivity contribution in [3.05, 3.63) is 29.3 Å². The van der Waals surface area contributed by atoms with Crippen LogP contribution in [0.15, 0.2) is 28.1 Å². The van der Waals surface area contributed by atoms with Gasteiger partial charge in [0, 0.05) is 32.4 Å². The molecule has 1 aromatic rings. The highest BCUT2D eigenvalue weighted by atomic mass is 32.2. The number of likely N-dealkylation sites (N-methyl/N-ethyl adjacent to an activating group) is 1. The lowest BCUT2D eigenvalue weighted by atomic mass is 9.83. The number of rotatable bonds is 7. The van der Waals surface area contributed by atoms with Crippen LogP contribution >= 0.6 is 0 Å². The number of nitrogens with zero attached hydrogens (tertiary/aromatic N) is 2. The second-order valence-electron chi connectivity index (χ2n) is 8.11. The number of hydrogen-bond donors (Lipinski definition) is 2. The molecule has 0 amide bonds. The summed E-state index contributed by atoms with van der Waals surface area (Å²) in [6.45, 7) is 3.29. The quantitative estimate of drug-likeness (QED) is 0.536. The first-order chi connectivity index (χ1) is 13.2. The standard InChI is InChI=1S/C21H36N4O2S/c1-16-13-17(11-12-20(16)28(5,26)27)14-23-21(22-2)24-15-19(25(3)4)18-9-7-6-8-10-18/h11-13,18-19H,6-10,14-15H2,1-5H3,(H2,22,23,24). The predicted octanol–water partition coefficient (Wildman–Crippen LogP) is 2.57. The number of sulfone groups is 1. The predicted molar refractivity (Wildman–Crippen MR) is 117 cm³/mol. The fourth-order valence-electron chi connectivity index (χ4n) is 4.13. The van der Waals surface area contributed by atoms with E-state index < -0.39 is 9.84 Å². The van der Waals surface area contributed by atoms with E-state index in [1.54, 1.807) is 13.1 Å². The van der Waals surface area contributed by atoms with Crippen LogP contribution in [0, 0.1) is 12.8 Å². The van der Waals surface area contributed by atoms with Crippen LogP contribution in [0.1, 0.15) is 43.2 Å². The maximum absolute atomic E-state index is 11.8. The SMILES string of the molecule is CN=C(NCc1ccc(S(C)(=O)=O)c(C)c1)NCC(C1CCCCC1)N(C)C. The molecule has 0 heterocycles. The lowest BCUT2D eigenvalue weighted by molar-refractivity contribution is 0.171. The van der Waals surface area contributed by atoms with Gasteiger partial charge < -0.3 is 15.5 Å². The monoisotopic (exact) mass is 408 g/mol. The van der Waals surface area contributed by atoms with Crippen LogP contribution in [0.3, 0.4) is 0 Å². The Morgan fingerprint density at radius 2 is 1.89 bits per heavy atom. The van der Waals surface area contributed by atoms with E-state index in [2.05, 4.69) is 34.6 Å². The molecule has 0 saturated heterocycles. The number of benzene rings is 1. The second kappa shape index (κ2) is 10.3. The first-order valence-corrected chi connectivity index (χ1v) is 12.0. The van der Waals surface area contributed by atoms with Crippen molar-refractivity contribution in [2.75, 3.05) is 33.9 Å². The zero-order valence-electron chi connectivity index (χ0n) is 18.0. The van der Waals surface area contributed by atoms with Gasteiger partial charge in [-0.05, 0) is 57.0 Å². The molecule has 1 aliphatic rings.